The summed E-state index contributed by atoms with van der Waals surface area (Å²) in [5.41, 5.74) is 6.40. The van der Waals surface area contributed by atoms with Crippen molar-refractivity contribution in [1.29, 1.82) is 0 Å². The highest BCUT2D eigenvalue weighted by Crippen LogP contribution is 2.19. The highest BCUT2D eigenvalue weighted by atomic mass is 79.9. The maximum Gasteiger partial charge on any atom is 0.0558 e. The molecule has 0 aliphatic rings. The fraction of sp³-hybridized carbons (Fsp3) is 0.286. The van der Waals surface area contributed by atoms with Crippen LogP contribution in [0.25, 0.3) is 0 Å². The Morgan fingerprint density at radius 2 is 2.18 bits per heavy atom. The number of rotatable bonds is 2. The van der Waals surface area contributed by atoms with Crippen LogP contribution in [0, 0.1) is 0 Å². The molecule has 2 N–H and O–H groups in total. The van der Waals surface area contributed by atoms with Crippen LogP contribution in [0.1, 0.15) is 5.69 Å². The van der Waals surface area contributed by atoms with E-state index in [4.69, 9.17) is 5.73 Å². The van der Waals surface area contributed by atoms with Crippen LogP contribution in [-0.4, -0.2) is 11.5 Å². The van der Waals surface area contributed by atoms with Crippen LogP contribution in [0.15, 0.2) is 21.2 Å². The number of hydrogen-bond acceptors (Lipinski definition) is 2. The summed E-state index contributed by atoms with van der Waals surface area (Å²) in [6.07, 6.45) is 2.59. The lowest BCUT2D eigenvalue weighted by molar-refractivity contribution is 0.914. The van der Waals surface area contributed by atoms with Gasteiger partial charge in [0.2, 0.25) is 0 Å². The highest BCUT2D eigenvalue weighted by Gasteiger charge is 1.99. The number of hydrogen-bond donors (Lipinski definition) is 1. The maximum absolute atomic E-state index is 5.39. The molecular weight excluding hydrogens is 272 g/mol. The van der Waals surface area contributed by atoms with Crippen molar-refractivity contribution in [1.82, 2.24) is 4.98 Å². The van der Waals surface area contributed by atoms with Crippen molar-refractivity contribution in [2.45, 2.75) is 6.42 Å². The Hall–Kier alpha value is 0.0700. The highest BCUT2D eigenvalue weighted by molar-refractivity contribution is 9.11. The fourth-order valence-electron chi connectivity index (χ4n) is 0.764. The molecule has 1 rings (SSSR count). The quantitative estimate of drug-likeness (QED) is 0.901. The molecule has 1 aromatic heterocycles. The molecule has 0 fully saturated rings. The molecule has 2 nitrogen and oxygen atoms in total. The molecule has 0 unspecified atom stereocenters. The van der Waals surface area contributed by atoms with Gasteiger partial charge in [-0.05, 0) is 44.5 Å². The molecule has 0 aromatic carbocycles. The second-order valence-electron chi connectivity index (χ2n) is 2.12. The molecule has 0 radical (unpaired) electrons. The van der Waals surface area contributed by atoms with Crippen molar-refractivity contribution < 1.29 is 0 Å². The summed E-state index contributed by atoms with van der Waals surface area (Å²) in [5, 5.41) is 0. The van der Waals surface area contributed by atoms with Crippen LogP contribution in [0.4, 0.5) is 0 Å². The molecule has 11 heavy (non-hydrogen) atoms. The first-order chi connectivity index (χ1) is 5.24. The minimum atomic E-state index is 0.632. The third kappa shape index (κ3) is 2.54. The van der Waals surface area contributed by atoms with Gasteiger partial charge >= 0.3 is 0 Å². The average Bonchev–Trinajstić information content (AvgIpc) is 1.95. The van der Waals surface area contributed by atoms with Crippen molar-refractivity contribution in [3.8, 4) is 0 Å². The fourth-order valence-corrected chi connectivity index (χ4v) is 1.95. The Morgan fingerprint density at radius 1 is 1.45 bits per heavy atom. The van der Waals surface area contributed by atoms with Gasteiger partial charge in [-0.3, -0.25) is 4.98 Å². The smallest absolute Gasteiger partial charge is 0.0558 e. The van der Waals surface area contributed by atoms with Crippen LogP contribution in [0.2, 0.25) is 0 Å². The summed E-state index contributed by atoms with van der Waals surface area (Å²) in [6.45, 7) is 0.632. The van der Waals surface area contributed by atoms with Gasteiger partial charge in [0.25, 0.3) is 0 Å². The van der Waals surface area contributed by atoms with Crippen molar-refractivity contribution in [2.75, 3.05) is 6.54 Å². The predicted molar refractivity (Wildman–Crippen MR) is 52.4 cm³/mol. The van der Waals surface area contributed by atoms with Gasteiger partial charge < -0.3 is 5.73 Å². The molecule has 4 heteroatoms. The largest absolute Gasteiger partial charge is 0.330 e. The first-order valence-corrected chi connectivity index (χ1v) is 4.82. The van der Waals surface area contributed by atoms with Crippen molar-refractivity contribution >= 4 is 31.9 Å². The van der Waals surface area contributed by atoms with Crippen molar-refractivity contribution in [2.24, 2.45) is 5.73 Å². The molecule has 0 aliphatic carbocycles. The number of aromatic nitrogens is 1. The summed E-state index contributed by atoms with van der Waals surface area (Å²) < 4.78 is 1.99. The van der Waals surface area contributed by atoms with E-state index in [-0.39, 0.29) is 0 Å². The summed E-state index contributed by atoms with van der Waals surface area (Å²) in [4.78, 5) is 4.19. The zero-order chi connectivity index (χ0) is 8.27. The topological polar surface area (TPSA) is 38.9 Å². The van der Waals surface area contributed by atoms with E-state index in [0.29, 0.717) is 6.54 Å². The van der Waals surface area contributed by atoms with Crippen LogP contribution in [0.5, 0.6) is 0 Å². The molecule has 0 spiro atoms. The molecule has 0 saturated heterocycles. The molecule has 1 heterocycles. The van der Waals surface area contributed by atoms with Crippen molar-refractivity contribution in [3.63, 3.8) is 0 Å². The Kier molecular flexibility index (Phi) is 3.48. The van der Waals surface area contributed by atoms with E-state index in [2.05, 4.69) is 36.8 Å². The molecule has 0 amide bonds. The first kappa shape index (κ1) is 9.16. The van der Waals surface area contributed by atoms with E-state index in [9.17, 15) is 0 Å². The van der Waals surface area contributed by atoms with Gasteiger partial charge in [-0.25, -0.2) is 0 Å². The zero-order valence-corrected chi connectivity index (χ0v) is 9.02. The van der Waals surface area contributed by atoms with Crippen molar-refractivity contribution in [3.05, 3.63) is 26.9 Å². The third-order valence-corrected chi connectivity index (χ3v) is 2.39. The lowest BCUT2D eigenvalue weighted by Gasteiger charge is -2.00. The standard InChI is InChI=1S/C7H8Br2N2/c8-5-3-6(9)7(1-2-10)11-4-5/h3-4H,1-2,10H2. The minimum absolute atomic E-state index is 0.632. The van der Waals surface area contributed by atoms with E-state index in [1.54, 1.807) is 6.20 Å². The van der Waals surface area contributed by atoms with E-state index in [0.717, 1.165) is 21.1 Å². The molecule has 60 valence electrons. The Balaban J connectivity index is 2.90. The van der Waals surface area contributed by atoms with Crippen LogP contribution < -0.4 is 5.73 Å². The summed E-state index contributed by atoms with van der Waals surface area (Å²) in [5.74, 6) is 0. The van der Waals surface area contributed by atoms with E-state index >= 15 is 0 Å². The normalized spacial score (nSPS) is 10.1. The average molecular weight is 280 g/mol. The molecular formula is C7H8Br2N2. The van der Waals surface area contributed by atoms with E-state index < -0.39 is 0 Å². The summed E-state index contributed by atoms with van der Waals surface area (Å²) in [7, 11) is 0. The van der Waals surface area contributed by atoms with Gasteiger partial charge in [-0.2, -0.15) is 0 Å². The zero-order valence-electron chi connectivity index (χ0n) is 5.85. The Morgan fingerprint density at radius 3 is 2.73 bits per heavy atom. The van der Waals surface area contributed by atoms with Gasteiger partial charge in [0.15, 0.2) is 0 Å². The summed E-state index contributed by atoms with van der Waals surface area (Å²) in [6, 6.07) is 1.97. The Bertz CT molecular complexity index is 250. The van der Waals surface area contributed by atoms with E-state index in [1.807, 2.05) is 6.07 Å². The molecule has 0 saturated carbocycles. The molecule has 0 atom stereocenters. The van der Waals surface area contributed by atoms with Gasteiger partial charge in [0, 0.05) is 21.6 Å². The second kappa shape index (κ2) is 4.18. The maximum atomic E-state index is 5.39. The van der Waals surface area contributed by atoms with Gasteiger partial charge in [0.1, 0.15) is 0 Å². The monoisotopic (exact) mass is 278 g/mol. The first-order valence-electron chi connectivity index (χ1n) is 3.24. The van der Waals surface area contributed by atoms with Gasteiger partial charge in [-0.15, -0.1) is 0 Å². The van der Waals surface area contributed by atoms with Crippen LogP contribution in [0.3, 0.4) is 0 Å². The van der Waals surface area contributed by atoms with Gasteiger partial charge in [-0.1, -0.05) is 0 Å². The lowest BCUT2D eigenvalue weighted by Crippen LogP contribution is -2.04. The second-order valence-corrected chi connectivity index (χ2v) is 3.89. The number of pyridine rings is 1. The summed E-state index contributed by atoms with van der Waals surface area (Å²) >= 11 is 6.72. The SMILES string of the molecule is NCCc1ncc(Br)cc1Br. The number of halogens is 2. The predicted octanol–water partition coefficient (Wildman–Crippen LogP) is 2.11. The van der Waals surface area contributed by atoms with E-state index in [1.165, 1.54) is 0 Å². The van der Waals surface area contributed by atoms with Gasteiger partial charge in [0.05, 0.1) is 5.69 Å². The lowest BCUT2D eigenvalue weighted by atomic mass is 10.3. The minimum Gasteiger partial charge on any atom is -0.330 e. The van der Waals surface area contributed by atoms with Crippen LogP contribution in [-0.2, 0) is 6.42 Å². The third-order valence-electron chi connectivity index (χ3n) is 1.27. The molecule has 0 aliphatic heterocycles. The molecule has 1 aromatic rings. The Labute approximate surface area is 82.5 Å². The number of nitrogens with zero attached hydrogens (tertiary/aromatic N) is 1. The molecule has 0 bridgehead atoms. The number of nitrogens with two attached hydrogens (primary N) is 1. The van der Waals surface area contributed by atoms with Crippen LogP contribution >= 0.6 is 31.9 Å².